The van der Waals surface area contributed by atoms with E-state index in [4.69, 9.17) is 0 Å². The van der Waals surface area contributed by atoms with Crippen molar-refractivity contribution < 1.29 is 9.59 Å². The van der Waals surface area contributed by atoms with Crippen LogP contribution in [0.15, 0.2) is 43.1 Å². The average molecular weight is 392 g/mol. The molecule has 1 saturated heterocycles. The maximum atomic E-state index is 13.1. The number of nitrogens with zero attached hydrogens (tertiary/aromatic N) is 5. The van der Waals surface area contributed by atoms with Crippen LogP contribution >= 0.6 is 0 Å². The Kier molecular flexibility index (Phi) is 5.24. The van der Waals surface area contributed by atoms with Crippen molar-refractivity contribution in [3.8, 4) is 0 Å². The molecule has 4 rings (SSSR count). The lowest BCUT2D eigenvalue weighted by atomic mass is 10.1. The first-order valence-corrected chi connectivity index (χ1v) is 9.81. The normalized spacial score (nSPS) is 16.4. The SMILES string of the molecule is CC(C)N(CC1CCC(=O)N1)C(=O)c1cnc2c(c1)ncn2Cc1cccnc1. The quantitative estimate of drug-likeness (QED) is 0.693. The molecule has 1 aliphatic heterocycles. The first-order valence-electron chi connectivity index (χ1n) is 9.81. The van der Waals surface area contributed by atoms with Crippen LogP contribution in [0.1, 0.15) is 42.6 Å². The van der Waals surface area contributed by atoms with Gasteiger partial charge in [0.25, 0.3) is 5.91 Å². The highest BCUT2D eigenvalue weighted by Gasteiger charge is 2.27. The van der Waals surface area contributed by atoms with Gasteiger partial charge in [0.15, 0.2) is 5.65 Å². The van der Waals surface area contributed by atoms with Gasteiger partial charge in [-0.3, -0.25) is 14.6 Å². The van der Waals surface area contributed by atoms with E-state index in [1.807, 2.05) is 36.7 Å². The maximum Gasteiger partial charge on any atom is 0.255 e. The van der Waals surface area contributed by atoms with Crippen molar-refractivity contribution in [3.63, 3.8) is 0 Å². The Hall–Kier alpha value is -3.29. The molecular formula is C21H24N6O2. The summed E-state index contributed by atoms with van der Waals surface area (Å²) in [6.45, 7) is 5.06. The number of carbonyl (C=O) groups is 2. The summed E-state index contributed by atoms with van der Waals surface area (Å²) in [6.07, 6.45) is 8.16. The molecule has 0 saturated carbocycles. The molecule has 2 amide bonds. The van der Waals surface area contributed by atoms with Gasteiger partial charge in [-0.15, -0.1) is 0 Å². The van der Waals surface area contributed by atoms with Gasteiger partial charge in [-0.05, 0) is 38.0 Å². The van der Waals surface area contributed by atoms with Crippen LogP contribution in [0, 0.1) is 0 Å². The first-order chi connectivity index (χ1) is 14.0. The third kappa shape index (κ3) is 4.11. The Labute approximate surface area is 169 Å². The molecule has 0 radical (unpaired) electrons. The van der Waals surface area contributed by atoms with E-state index in [0.29, 0.717) is 30.6 Å². The van der Waals surface area contributed by atoms with Crippen LogP contribution in [0.25, 0.3) is 11.2 Å². The minimum absolute atomic E-state index is 0.00392. The van der Waals surface area contributed by atoms with Crippen molar-refractivity contribution in [2.45, 2.75) is 45.3 Å². The zero-order valence-corrected chi connectivity index (χ0v) is 16.6. The van der Waals surface area contributed by atoms with E-state index in [-0.39, 0.29) is 23.9 Å². The van der Waals surface area contributed by atoms with Gasteiger partial charge in [-0.25, -0.2) is 9.97 Å². The fourth-order valence-electron chi connectivity index (χ4n) is 3.62. The second kappa shape index (κ2) is 7.98. The smallest absolute Gasteiger partial charge is 0.255 e. The van der Waals surface area contributed by atoms with Crippen LogP contribution in [0.4, 0.5) is 0 Å². The molecule has 29 heavy (non-hydrogen) atoms. The highest BCUT2D eigenvalue weighted by Crippen LogP contribution is 2.17. The van der Waals surface area contributed by atoms with Gasteiger partial charge in [-0.1, -0.05) is 6.07 Å². The highest BCUT2D eigenvalue weighted by molar-refractivity contribution is 5.96. The second-order valence-corrected chi connectivity index (χ2v) is 7.65. The highest BCUT2D eigenvalue weighted by atomic mass is 16.2. The molecule has 8 heteroatoms. The summed E-state index contributed by atoms with van der Waals surface area (Å²) in [6, 6.07) is 5.70. The summed E-state index contributed by atoms with van der Waals surface area (Å²) in [5.41, 5.74) is 2.96. The third-order valence-electron chi connectivity index (χ3n) is 5.16. The number of hydrogen-bond donors (Lipinski definition) is 1. The van der Waals surface area contributed by atoms with Crippen molar-refractivity contribution in [1.82, 2.24) is 29.7 Å². The standard InChI is InChI=1S/C21H24N6O2/c1-14(2)27(12-17-5-6-19(28)25-17)21(29)16-8-18-20(23-10-16)26(13-24-18)11-15-4-3-7-22-9-15/h3-4,7-10,13-14,17H,5-6,11-12H2,1-2H3,(H,25,28). The second-order valence-electron chi connectivity index (χ2n) is 7.65. The van der Waals surface area contributed by atoms with E-state index in [0.717, 1.165) is 17.6 Å². The van der Waals surface area contributed by atoms with Crippen molar-refractivity contribution in [2.75, 3.05) is 6.54 Å². The van der Waals surface area contributed by atoms with Gasteiger partial charge in [-0.2, -0.15) is 0 Å². The van der Waals surface area contributed by atoms with E-state index in [1.54, 1.807) is 29.7 Å². The van der Waals surface area contributed by atoms with Crippen molar-refractivity contribution in [3.05, 3.63) is 54.2 Å². The third-order valence-corrected chi connectivity index (χ3v) is 5.16. The van der Waals surface area contributed by atoms with E-state index in [1.165, 1.54) is 0 Å². The number of nitrogens with one attached hydrogen (secondary N) is 1. The largest absolute Gasteiger partial charge is 0.352 e. The zero-order valence-electron chi connectivity index (χ0n) is 16.6. The number of fused-ring (bicyclic) bond motifs is 1. The van der Waals surface area contributed by atoms with Crippen LogP contribution in [-0.2, 0) is 11.3 Å². The molecule has 0 spiro atoms. The van der Waals surface area contributed by atoms with Gasteiger partial charge < -0.3 is 14.8 Å². The van der Waals surface area contributed by atoms with Gasteiger partial charge in [0.2, 0.25) is 5.91 Å². The predicted octanol–water partition coefficient (Wildman–Crippen LogP) is 2.00. The molecule has 1 aliphatic rings. The molecule has 1 atom stereocenters. The monoisotopic (exact) mass is 392 g/mol. The Balaban J connectivity index is 1.55. The van der Waals surface area contributed by atoms with Crippen LogP contribution in [0.3, 0.4) is 0 Å². The Morgan fingerprint density at radius 1 is 1.34 bits per heavy atom. The number of imidazole rings is 1. The molecule has 0 aliphatic carbocycles. The predicted molar refractivity (Wildman–Crippen MR) is 108 cm³/mol. The summed E-state index contributed by atoms with van der Waals surface area (Å²) in [4.78, 5) is 39.5. The lowest BCUT2D eigenvalue weighted by Gasteiger charge is -2.29. The molecular weight excluding hydrogens is 368 g/mol. The lowest BCUT2D eigenvalue weighted by molar-refractivity contribution is -0.119. The average Bonchev–Trinajstić information content (AvgIpc) is 3.32. The molecule has 0 aromatic carbocycles. The molecule has 8 nitrogen and oxygen atoms in total. The van der Waals surface area contributed by atoms with Crippen molar-refractivity contribution in [1.29, 1.82) is 0 Å². The summed E-state index contributed by atoms with van der Waals surface area (Å²) in [5, 5.41) is 2.93. The van der Waals surface area contributed by atoms with Gasteiger partial charge in [0, 0.05) is 43.6 Å². The van der Waals surface area contributed by atoms with Crippen LogP contribution in [-0.4, -0.2) is 54.9 Å². The molecule has 3 aromatic heterocycles. The van der Waals surface area contributed by atoms with Gasteiger partial charge >= 0.3 is 0 Å². The Morgan fingerprint density at radius 2 is 2.21 bits per heavy atom. The maximum absolute atomic E-state index is 13.1. The zero-order chi connectivity index (χ0) is 20.4. The first kappa shape index (κ1) is 19.0. The molecule has 150 valence electrons. The van der Waals surface area contributed by atoms with Gasteiger partial charge in [0.1, 0.15) is 5.52 Å². The minimum Gasteiger partial charge on any atom is -0.352 e. The van der Waals surface area contributed by atoms with E-state index < -0.39 is 0 Å². The topological polar surface area (TPSA) is 93.0 Å². The fraction of sp³-hybridized carbons (Fsp3) is 0.381. The number of amides is 2. The number of pyridine rings is 2. The number of carbonyl (C=O) groups excluding carboxylic acids is 2. The Bertz CT molecular complexity index is 1030. The van der Waals surface area contributed by atoms with Gasteiger partial charge in [0.05, 0.1) is 18.4 Å². The molecule has 1 N–H and O–H groups in total. The molecule has 0 bridgehead atoms. The lowest BCUT2D eigenvalue weighted by Crippen LogP contribution is -2.45. The molecule has 3 aromatic rings. The van der Waals surface area contributed by atoms with Crippen LogP contribution in [0.2, 0.25) is 0 Å². The number of aromatic nitrogens is 4. The summed E-state index contributed by atoms with van der Waals surface area (Å²) in [5.74, 6) is -0.0502. The van der Waals surface area contributed by atoms with E-state index in [9.17, 15) is 9.59 Å². The van der Waals surface area contributed by atoms with Crippen LogP contribution < -0.4 is 5.32 Å². The summed E-state index contributed by atoms with van der Waals surface area (Å²) < 4.78 is 1.94. The molecule has 1 unspecified atom stereocenters. The minimum atomic E-state index is -0.0997. The van der Waals surface area contributed by atoms with Crippen molar-refractivity contribution in [2.24, 2.45) is 0 Å². The Morgan fingerprint density at radius 3 is 2.90 bits per heavy atom. The summed E-state index contributed by atoms with van der Waals surface area (Å²) >= 11 is 0. The fourth-order valence-corrected chi connectivity index (χ4v) is 3.62. The summed E-state index contributed by atoms with van der Waals surface area (Å²) in [7, 11) is 0. The van der Waals surface area contributed by atoms with Crippen LogP contribution in [0.5, 0.6) is 0 Å². The molecule has 1 fully saturated rings. The molecule has 4 heterocycles. The number of hydrogen-bond acceptors (Lipinski definition) is 5. The number of rotatable bonds is 6. The van der Waals surface area contributed by atoms with E-state index in [2.05, 4.69) is 20.3 Å². The van der Waals surface area contributed by atoms with Crippen molar-refractivity contribution >= 4 is 23.0 Å². The van der Waals surface area contributed by atoms with E-state index >= 15 is 0 Å².